The molecule has 2 aromatic rings. The van der Waals surface area contributed by atoms with E-state index in [1.165, 1.54) is 12.1 Å². The average molecular weight is 358 g/mol. The highest BCUT2D eigenvalue weighted by Gasteiger charge is 2.31. The van der Waals surface area contributed by atoms with E-state index in [0.29, 0.717) is 24.7 Å². The first-order valence-corrected chi connectivity index (χ1v) is 9.36. The molecule has 26 heavy (non-hydrogen) atoms. The van der Waals surface area contributed by atoms with Gasteiger partial charge in [0.05, 0.1) is 12.3 Å². The topological polar surface area (TPSA) is 55.6 Å². The SMILES string of the molecule is O=C(c1onc2c1CCCC2)N1CCC[C@@H](COc2ccc(F)cc2)C1. The smallest absolute Gasteiger partial charge is 0.292 e. The molecule has 1 aromatic heterocycles. The number of amides is 1. The Labute approximate surface area is 152 Å². The Hall–Kier alpha value is -2.37. The highest BCUT2D eigenvalue weighted by Crippen LogP contribution is 2.27. The summed E-state index contributed by atoms with van der Waals surface area (Å²) in [6.45, 7) is 1.90. The molecule has 6 heteroatoms. The second-order valence-corrected chi connectivity index (χ2v) is 7.17. The molecule has 1 aliphatic carbocycles. The lowest BCUT2D eigenvalue weighted by atomic mass is 9.94. The number of likely N-dealkylation sites (tertiary alicyclic amines) is 1. The van der Waals surface area contributed by atoms with Gasteiger partial charge < -0.3 is 14.2 Å². The summed E-state index contributed by atoms with van der Waals surface area (Å²) < 4.78 is 24.1. The van der Waals surface area contributed by atoms with Gasteiger partial charge in [0, 0.05) is 24.6 Å². The van der Waals surface area contributed by atoms with Crippen molar-refractivity contribution < 1.29 is 18.4 Å². The highest BCUT2D eigenvalue weighted by molar-refractivity contribution is 5.93. The molecular weight excluding hydrogens is 335 g/mol. The third kappa shape index (κ3) is 3.59. The Bertz CT molecular complexity index is 772. The first-order chi connectivity index (χ1) is 12.7. The molecule has 138 valence electrons. The van der Waals surface area contributed by atoms with Crippen molar-refractivity contribution in [2.24, 2.45) is 5.92 Å². The zero-order valence-corrected chi connectivity index (χ0v) is 14.7. The lowest BCUT2D eigenvalue weighted by Crippen LogP contribution is -2.41. The van der Waals surface area contributed by atoms with E-state index in [2.05, 4.69) is 5.16 Å². The summed E-state index contributed by atoms with van der Waals surface area (Å²) in [6, 6.07) is 6.03. The van der Waals surface area contributed by atoms with E-state index in [9.17, 15) is 9.18 Å². The molecule has 0 N–H and O–H groups in total. The second-order valence-electron chi connectivity index (χ2n) is 7.17. The fraction of sp³-hybridized carbons (Fsp3) is 0.500. The number of aromatic nitrogens is 1. The number of carbonyl (C=O) groups is 1. The molecule has 2 aliphatic rings. The number of hydrogen-bond donors (Lipinski definition) is 0. The first-order valence-electron chi connectivity index (χ1n) is 9.36. The molecule has 1 aliphatic heterocycles. The second kappa shape index (κ2) is 7.48. The van der Waals surface area contributed by atoms with Crippen molar-refractivity contribution in [3.05, 3.63) is 47.1 Å². The van der Waals surface area contributed by atoms with Crippen molar-refractivity contribution in [1.82, 2.24) is 10.1 Å². The van der Waals surface area contributed by atoms with E-state index in [1.807, 2.05) is 4.90 Å². The molecule has 1 aromatic carbocycles. The lowest BCUT2D eigenvalue weighted by Gasteiger charge is -2.32. The third-order valence-electron chi connectivity index (χ3n) is 5.26. The predicted molar refractivity (Wildman–Crippen MR) is 93.7 cm³/mol. The van der Waals surface area contributed by atoms with Gasteiger partial charge >= 0.3 is 0 Å². The van der Waals surface area contributed by atoms with Crippen LogP contribution in [0, 0.1) is 11.7 Å². The molecule has 1 saturated heterocycles. The van der Waals surface area contributed by atoms with Crippen molar-refractivity contribution >= 4 is 5.91 Å². The number of halogens is 1. The Balaban J connectivity index is 1.38. The van der Waals surface area contributed by atoms with Crippen LogP contribution in [-0.2, 0) is 12.8 Å². The van der Waals surface area contributed by atoms with E-state index < -0.39 is 0 Å². The molecule has 0 radical (unpaired) electrons. The monoisotopic (exact) mass is 358 g/mol. The number of nitrogens with zero attached hydrogens (tertiary/aromatic N) is 2. The lowest BCUT2D eigenvalue weighted by molar-refractivity contribution is 0.0591. The summed E-state index contributed by atoms with van der Waals surface area (Å²) in [5, 5.41) is 4.10. The highest BCUT2D eigenvalue weighted by atomic mass is 19.1. The maximum Gasteiger partial charge on any atom is 0.292 e. The zero-order valence-electron chi connectivity index (χ0n) is 14.7. The Morgan fingerprint density at radius 1 is 1.23 bits per heavy atom. The van der Waals surface area contributed by atoms with E-state index >= 15 is 0 Å². The van der Waals surface area contributed by atoms with Gasteiger partial charge in [0.2, 0.25) is 5.76 Å². The van der Waals surface area contributed by atoms with Crippen LogP contribution >= 0.6 is 0 Å². The molecule has 0 bridgehead atoms. The molecule has 1 amide bonds. The minimum Gasteiger partial charge on any atom is -0.493 e. The summed E-state index contributed by atoms with van der Waals surface area (Å²) >= 11 is 0. The number of benzene rings is 1. The van der Waals surface area contributed by atoms with Crippen LogP contribution < -0.4 is 4.74 Å². The van der Waals surface area contributed by atoms with Crippen molar-refractivity contribution in [2.75, 3.05) is 19.7 Å². The minimum atomic E-state index is -0.276. The Kier molecular flexibility index (Phi) is 4.91. The normalized spacial score (nSPS) is 19.9. The van der Waals surface area contributed by atoms with Crippen molar-refractivity contribution in [3.63, 3.8) is 0 Å². The van der Waals surface area contributed by atoms with Crippen LogP contribution in [0.25, 0.3) is 0 Å². The van der Waals surface area contributed by atoms with Gasteiger partial charge in [-0.2, -0.15) is 0 Å². The van der Waals surface area contributed by atoms with Crippen molar-refractivity contribution in [2.45, 2.75) is 38.5 Å². The van der Waals surface area contributed by atoms with Gasteiger partial charge in [-0.1, -0.05) is 5.16 Å². The number of piperidine rings is 1. The van der Waals surface area contributed by atoms with Crippen LogP contribution in [0.5, 0.6) is 5.75 Å². The van der Waals surface area contributed by atoms with Crippen LogP contribution in [-0.4, -0.2) is 35.7 Å². The van der Waals surface area contributed by atoms with Crippen LogP contribution in [0.1, 0.15) is 47.5 Å². The van der Waals surface area contributed by atoms with Gasteiger partial charge in [-0.05, 0) is 62.8 Å². The summed E-state index contributed by atoms with van der Waals surface area (Å²) in [4.78, 5) is 14.8. The predicted octanol–water partition coefficient (Wildman–Crippen LogP) is 3.62. The van der Waals surface area contributed by atoms with Crippen LogP contribution in [0.15, 0.2) is 28.8 Å². The molecule has 1 atom stereocenters. The Morgan fingerprint density at radius 3 is 2.88 bits per heavy atom. The number of carbonyl (C=O) groups excluding carboxylic acids is 1. The molecule has 5 nitrogen and oxygen atoms in total. The van der Waals surface area contributed by atoms with Gasteiger partial charge in [0.25, 0.3) is 5.91 Å². The average Bonchev–Trinajstić information content (AvgIpc) is 3.11. The van der Waals surface area contributed by atoms with Gasteiger partial charge in [-0.15, -0.1) is 0 Å². The van der Waals surface area contributed by atoms with Crippen LogP contribution in [0.3, 0.4) is 0 Å². The number of fused-ring (bicyclic) bond motifs is 1. The number of ether oxygens (including phenoxy) is 1. The van der Waals surface area contributed by atoms with Gasteiger partial charge in [0.15, 0.2) is 0 Å². The minimum absolute atomic E-state index is 0.0490. The van der Waals surface area contributed by atoms with E-state index in [4.69, 9.17) is 9.26 Å². The van der Waals surface area contributed by atoms with Gasteiger partial charge in [0.1, 0.15) is 11.6 Å². The Morgan fingerprint density at radius 2 is 2.04 bits per heavy atom. The number of hydrogen-bond acceptors (Lipinski definition) is 4. The first kappa shape index (κ1) is 17.1. The fourth-order valence-corrected chi connectivity index (χ4v) is 3.83. The summed E-state index contributed by atoms with van der Waals surface area (Å²) in [5.74, 6) is 1.02. The quantitative estimate of drug-likeness (QED) is 0.838. The van der Waals surface area contributed by atoms with Crippen molar-refractivity contribution in [1.29, 1.82) is 0 Å². The van der Waals surface area contributed by atoms with E-state index in [0.717, 1.165) is 56.3 Å². The molecule has 0 saturated carbocycles. The molecule has 2 heterocycles. The molecule has 0 spiro atoms. The van der Waals surface area contributed by atoms with Gasteiger partial charge in [-0.25, -0.2) is 4.39 Å². The van der Waals surface area contributed by atoms with Crippen LogP contribution in [0.2, 0.25) is 0 Å². The third-order valence-corrected chi connectivity index (χ3v) is 5.26. The van der Waals surface area contributed by atoms with Crippen molar-refractivity contribution in [3.8, 4) is 5.75 Å². The van der Waals surface area contributed by atoms with E-state index in [-0.39, 0.29) is 17.6 Å². The number of aryl methyl sites for hydroxylation is 1. The standard InChI is InChI=1S/C20H23FN2O3/c21-15-7-9-16(10-8-15)25-13-14-4-3-11-23(12-14)20(24)19-17-5-1-2-6-18(17)22-26-19/h7-10,14H,1-6,11-13H2/t14-/m1/s1. The fourth-order valence-electron chi connectivity index (χ4n) is 3.83. The summed E-state index contributed by atoms with van der Waals surface area (Å²) in [7, 11) is 0. The molecule has 4 rings (SSSR count). The number of rotatable bonds is 4. The molecule has 1 fully saturated rings. The molecule has 0 unspecified atom stereocenters. The van der Waals surface area contributed by atoms with E-state index in [1.54, 1.807) is 12.1 Å². The van der Waals surface area contributed by atoms with Gasteiger partial charge in [-0.3, -0.25) is 4.79 Å². The maximum atomic E-state index is 13.0. The molecular formula is C20H23FN2O3. The largest absolute Gasteiger partial charge is 0.493 e. The summed E-state index contributed by atoms with van der Waals surface area (Å²) in [5.41, 5.74) is 1.96. The van der Waals surface area contributed by atoms with Crippen LogP contribution in [0.4, 0.5) is 4.39 Å². The zero-order chi connectivity index (χ0) is 17.9. The maximum absolute atomic E-state index is 13.0. The summed E-state index contributed by atoms with van der Waals surface area (Å²) in [6.07, 6.45) is 5.94.